The highest BCUT2D eigenvalue weighted by Gasteiger charge is 2.21. The minimum atomic E-state index is 0. The SMILES string of the molecule is CC(C)(C)CC1NCCO1.Cl. The second-order valence-corrected chi connectivity index (χ2v) is 4.08. The van der Waals surface area contributed by atoms with E-state index in [1.807, 2.05) is 0 Å². The fraction of sp³-hybridized carbons (Fsp3) is 1.00. The van der Waals surface area contributed by atoms with E-state index in [1.54, 1.807) is 0 Å². The van der Waals surface area contributed by atoms with E-state index in [9.17, 15) is 0 Å². The van der Waals surface area contributed by atoms with E-state index in [-0.39, 0.29) is 12.4 Å². The summed E-state index contributed by atoms with van der Waals surface area (Å²) in [4.78, 5) is 0. The van der Waals surface area contributed by atoms with Crippen molar-refractivity contribution in [3.8, 4) is 0 Å². The first kappa shape index (κ1) is 11.2. The maximum Gasteiger partial charge on any atom is 0.108 e. The highest BCUT2D eigenvalue weighted by atomic mass is 35.5. The molecule has 0 amide bonds. The van der Waals surface area contributed by atoms with E-state index in [1.165, 1.54) is 0 Å². The maximum absolute atomic E-state index is 5.42. The van der Waals surface area contributed by atoms with Crippen molar-refractivity contribution in [3.63, 3.8) is 0 Å². The Balaban J connectivity index is 0.000001000. The van der Waals surface area contributed by atoms with Gasteiger partial charge < -0.3 is 4.74 Å². The van der Waals surface area contributed by atoms with E-state index in [4.69, 9.17) is 4.74 Å². The molecule has 0 aromatic heterocycles. The van der Waals surface area contributed by atoms with Crippen LogP contribution in [0.15, 0.2) is 0 Å². The zero-order valence-corrected chi connectivity index (χ0v) is 8.33. The largest absolute Gasteiger partial charge is 0.362 e. The average molecular weight is 180 g/mol. The molecule has 0 aromatic carbocycles. The van der Waals surface area contributed by atoms with Gasteiger partial charge in [-0.1, -0.05) is 20.8 Å². The van der Waals surface area contributed by atoms with Crippen LogP contribution in [0, 0.1) is 5.41 Å². The summed E-state index contributed by atoms with van der Waals surface area (Å²) in [6.45, 7) is 8.59. The lowest BCUT2D eigenvalue weighted by Gasteiger charge is -2.21. The highest BCUT2D eigenvalue weighted by Crippen LogP contribution is 2.22. The number of halogens is 1. The van der Waals surface area contributed by atoms with Crippen LogP contribution >= 0.6 is 12.4 Å². The Morgan fingerprint density at radius 1 is 1.45 bits per heavy atom. The second kappa shape index (κ2) is 4.29. The van der Waals surface area contributed by atoms with Crippen molar-refractivity contribution in [2.24, 2.45) is 5.41 Å². The summed E-state index contributed by atoms with van der Waals surface area (Å²) in [6, 6.07) is 0. The minimum absolute atomic E-state index is 0. The molecule has 1 heterocycles. The van der Waals surface area contributed by atoms with Crippen LogP contribution in [-0.4, -0.2) is 19.4 Å². The first-order chi connectivity index (χ1) is 4.58. The molecule has 0 radical (unpaired) electrons. The Labute approximate surface area is 75.1 Å². The predicted octanol–water partition coefficient (Wildman–Crippen LogP) is 1.79. The monoisotopic (exact) mass is 179 g/mol. The van der Waals surface area contributed by atoms with Crippen molar-refractivity contribution in [3.05, 3.63) is 0 Å². The van der Waals surface area contributed by atoms with Gasteiger partial charge in [0.2, 0.25) is 0 Å². The van der Waals surface area contributed by atoms with E-state index >= 15 is 0 Å². The first-order valence-electron chi connectivity index (χ1n) is 3.93. The van der Waals surface area contributed by atoms with Gasteiger partial charge in [0, 0.05) is 6.54 Å². The smallest absolute Gasteiger partial charge is 0.108 e. The molecule has 1 aliphatic rings. The van der Waals surface area contributed by atoms with Crippen molar-refractivity contribution in [2.45, 2.75) is 33.4 Å². The number of nitrogens with one attached hydrogen (secondary N) is 1. The summed E-state index contributed by atoms with van der Waals surface area (Å²) < 4.78 is 5.42. The van der Waals surface area contributed by atoms with Crippen LogP contribution in [0.1, 0.15) is 27.2 Å². The molecule has 0 aliphatic carbocycles. The van der Waals surface area contributed by atoms with Crippen LogP contribution in [0.4, 0.5) is 0 Å². The van der Waals surface area contributed by atoms with Gasteiger partial charge in [0.25, 0.3) is 0 Å². The van der Waals surface area contributed by atoms with E-state index in [0.29, 0.717) is 11.6 Å². The first-order valence-corrected chi connectivity index (χ1v) is 3.93. The minimum Gasteiger partial charge on any atom is -0.362 e. The van der Waals surface area contributed by atoms with Crippen LogP contribution < -0.4 is 5.32 Å². The number of hydrogen-bond donors (Lipinski definition) is 1. The molecule has 0 aromatic rings. The Bertz CT molecular complexity index is 105. The molecular formula is C8H18ClNO. The van der Waals surface area contributed by atoms with Crippen molar-refractivity contribution < 1.29 is 4.74 Å². The maximum atomic E-state index is 5.42. The lowest BCUT2D eigenvalue weighted by atomic mass is 9.91. The lowest BCUT2D eigenvalue weighted by molar-refractivity contribution is 0.0662. The number of rotatable bonds is 1. The van der Waals surface area contributed by atoms with Crippen LogP contribution in [0.3, 0.4) is 0 Å². The fourth-order valence-electron chi connectivity index (χ4n) is 1.17. The third-order valence-electron chi connectivity index (χ3n) is 1.59. The van der Waals surface area contributed by atoms with Crippen molar-refractivity contribution in [1.29, 1.82) is 0 Å². The van der Waals surface area contributed by atoms with Crippen molar-refractivity contribution in [2.75, 3.05) is 13.2 Å². The summed E-state index contributed by atoms with van der Waals surface area (Å²) in [6.07, 6.45) is 1.41. The summed E-state index contributed by atoms with van der Waals surface area (Å²) in [5, 5.41) is 3.29. The molecule has 1 fully saturated rings. The van der Waals surface area contributed by atoms with Crippen molar-refractivity contribution >= 4 is 12.4 Å². The average Bonchev–Trinajstić information content (AvgIpc) is 2.12. The Kier molecular flexibility index (Phi) is 4.37. The van der Waals surface area contributed by atoms with Gasteiger partial charge in [-0.25, -0.2) is 0 Å². The van der Waals surface area contributed by atoms with Gasteiger partial charge in [0.05, 0.1) is 6.61 Å². The highest BCUT2D eigenvalue weighted by molar-refractivity contribution is 5.85. The van der Waals surface area contributed by atoms with Crippen LogP contribution in [0.2, 0.25) is 0 Å². The number of hydrogen-bond acceptors (Lipinski definition) is 2. The molecule has 1 rings (SSSR count). The molecule has 0 saturated carbocycles. The van der Waals surface area contributed by atoms with E-state index in [0.717, 1.165) is 19.6 Å². The number of ether oxygens (including phenoxy) is 1. The zero-order chi connectivity index (χ0) is 7.61. The molecule has 0 bridgehead atoms. The Hall–Kier alpha value is 0.210. The van der Waals surface area contributed by atoms with Crippen LogP contribution in [0.25, 0.3) is 0 Å². The predicted molar refractivity (Wildman–Crippen MR) is 49.1 cm³/mol. The second-order valence-electron chi connectivity index (χ2n) is 4.08. The molecule has 1 atom stereocenters. The molecule has 1 unspecified atom stereocenters. The zero-order valence-electron chi connectivity index (χ0n) is 7.52. The van der Waals surface area contributed by atoms with Crippen LogP contribution in [-0.2, 0) is 4.74 Å². The summed E-state index contributed by atoms with van der Waals surface area (Å²) >= 11 is 0. The molecule has 68 valence electrons. The van der Waals surface area contributed by atoms with Crippen molar-refractivity contribution in [1.82, 2.24) is 5.32 Å². The third-order valence-corrected chi connectivity index (χ3v) is 1.59. The molecular weight excluding hydrogens is 162 g/mol. The topological polar surface area (TPSA) is 21.3 Å². The summed E-state index contributed by atoms with van der Waals surface area (Å²) in [7, 11) is 0. The Morgan fingerprint density at radius 2 is 2.09 bits per heavy atom. The third kappa shape index (κ3) is 4.62. The molecule has 1 saturated heterocycles. The van der Waals surface area contributed by atoms with Gasteiger partial charge in [0.15, 0.2) is 0 Å². The van der Waals surface area contributed by atoms with Gasteiger partial charge in [-0.2, -0.15) is 0 Å². The molecule has 2 nitrogen and oxygen atoms in total. The molecule has 3 heteroatoms. The fourth-order valence-corrected chi connectivity index (χ4v) is 1.17. The van der Waals surface area contributed by atoms with Gasteiger partial charge in [-0.3, -0.25) is 5.32 Å². The lowest BCUT2D eigenvalue weighted by Crippen LogP contribution is -2.27. The van der Waals surface area contributed by atoms with Gasteiger partial charge in [-0.15, -0.1) is 12.4 Å². The normalized spacial score (nSPS) is 24.8. The summed E-state index contributed by atoms with van der Waals surface area (Å²) in [5.74, 6) is 0. The van der Waals surface area contributed by atoms with Gasteiger partial charge >= 0.3 is 0 Å². The molecule has 11 heavy (non-hydrogen) atoms. The van der Waals surface area contributed by atoms with Crippen LogP contribution in [0.5, 0.6) is 0 Å². The quantitative estimate of drug-likeness (QED) is 0.663. The van der Waals surface area contributed by atoms with E-state index < -0.39 is 0 Å². The molecule has 1 N–H and O–H groups in total. The molecule has 1 aliphatic heterocycles. The van der Waals surface area contributed by atoms with E-state index in [2.05, 4.69) is 26.1 Å². The molecule has 0 spiro atoms. The standard InChI is InChI=1S/C8H17NO.ClH/c1-8(2,3)6-7-9-4-5-10-7;/h7,9H,4-6H2,1-3H3;1H. The van der Waals surface area contributed by atoms with Gasteiger partial charge in [-0.05, 0) is 11.8 Å². The Morgan fingerprint density at radius 3 is 2.45 bits per heavy atom. The summed E-state index contributed by atoms with van der Waals surface area (Å²) in [5.41, 5.74) is 0.377. The van der Waals surface area contributed by atoms with Gasteiger partial charge in [0.1, 0.15) is 6.23 Å².